The van der Waals surface area contributed by atoms with Gasteiger partial charge in [0.2, 0.25) is 0 Å². The highest BCUT2D eigenvalue weighted by Gasteiger charge is 2.17. The molecule has 1 atom stereocenters. The predicted molar refractivity (Wildman–Crippen MR) is 78.5 cm³/mol. The molecule has 0 aliphatic carbocycles. The molecule has 0 saturated heterocycles. The quantitative estimate of drug-likeness (QED) is 0.781. The van der Waals surface area contributed by atoms with E-state index in [0.717, 1.165) is 10.9 Å². The number of nitrogens with two attached hydrogens (primary N) is 1. The van der Waals surface area contributed by atoms with E-state index in [-0.39, 0.29) is 6.04 Å². The second-order valence-electron chi connectivity index (χ2n) is 4.37. The molecule has 3 rings (SSSR count). The molecule has 0 saturated carbocycles. The van der Waals surface area contributed by atoms with E-state index in [1.807, 2.05) is 30.5 Å². The van der Waals surface area contributed by atoms with Crippen molar-refractivity contribution in [3.63, 3.8) is 0 Å². The van der Waals surface area contributed by atoms with Crippen LogP contribution >= 0.6 is 11.3 Å². The van der Waals surface area contributed by atoms with Crippen LogP contribution in [0.2, 0.25) is 0 Å². The minimum atomic E-state index is -0.364. The number of rotatable bonds is 5. The lowest BCUT2D eigenvalue weighted by atomic mass is 10.2. The molecule has 104 valence electrons. The van der Waals surface area contributed by atoms with Crippen LogP contribution in [0.15, 0.2) is 34.2 Å². The number of hydrogen-bond acceptors (Lipinski definition) is 6. The maximum Gasteiger partial charge on any atom is 0.259 e. The lowest BCUT2D eigenvalue weighted by Crippen LogP contribution is -2.18. The van der Waals surface area contributed by atoms with Crippen molar-refractivity contribution in [2.24, 2.45) is 5.73 Å². The van der Waals surface area contributed by atoms with E-state index in [0.29, 0.717) is 24.9 Å². The van der Waals surface area contributed by atoms with Crippen molar-refractivity contribution in [2.45, 2.75) is 13.0 Å². The first-order valence-electron chi connectivity index (χ1n) is 6.43. The zero-order valence-electron chi connectivity index (χ0n) is 11.1. The van der Waals surface area contributed by atoms with Gasteiger partial charge in [0.15, 0.2) is 5.82 Å². The summed E-state index contributed by atoms with van der Waals surface area (Å²) in [6.45, 7) is 2.93. The topological polar surface area (TPSA) is 74.2 Å². The molecule has 1 unspecified atom stereocenters. The van der Waals surface area contributed by atoms with Gasteiger partial charge in [-0.05, 0) is 13.0 Å². The highest BCUT2D eigenvalue weighted by molar-refractivity contribution is 7.17. The van der Waals surface area contributed by atoms with Crippen LogP contribution in [0.3, 0.4) is 0 Å². The molecular weight excluding hydrogens is 274 g/mol. The van der Waals surface area contributed by atoms with E-state index in [9.17, 15) is 0 Å². The number of thiophene rings is 1. The summed E-state index contributed by atoms with van der Waals surface area (Å²) in [4.78, 5) is 4.38. The highest BCUT2D eigenvalue weighted by Crippen LogP contribution is 2.33. The van der Waals surface area contributed by atoms with Crippen molar-refractivity contribution >= 4 is 21.4 Å². The third kappa shape index (κ3) is 2.45. The molecule has 3 aromatic rings. The lowest BCUT2D eigenvalue weighted by Gasteiger charge is -2.05. The van der Waals surface area contributed by atoms with E-state index in [1.54, 1.807) is 11.3 Å². The molecule has 20 heavy (non-hydrogen) atoms. The minimum absolute atomic E-state index is 0.364. The molecule has 0 aliphatic rings. The summed E-state index contributed by atoms with van der Waals surface area (Å²) in [5.74, 6) is 0.980. The molecule has 5 nitrogen and oxygen atoms in total. The van der Waals surface area contributed by atoms with Crippen molar-refractivity contribution in [3.8, 4) is 11.5 Å². The Kier molecular flexibility index (Phi) is 3.77. The van der Waals surface area contributed by atoms with Crippen molar-refractivity contribution in [1.82, 2.24) is 10.1 Å². The number of nitrogens with zero attached hydrogens (tertiary/aromatic N) is 2. The van der Waals surface area contributed by atoms with E-state index >= 15 is 0 Å². The van der Waals surface area contributed by atoms with Gasteiger partial charge in [0.25, 0.3) is 5.89 Å². The number of hydrogen-bond donors (Lipinski definition) is 1. The summed E-state index contributed by atoms with van der Waals surface area (Å²) >= 11 is 1.66. The summed E-state index contributed by atoms with van der Waals surface area (Å²) in [5, 5.41) is 7.09. The standard InChI is InChI=1S/C14H15N3O2S/c1-2-18-7-11(15)13-16-14(19-17-13)10-8-20-12-6-4-3-5-9(10)12/h3-6,8,11H,2,7,15H2,1H3. The molecule has 2 aromatic heterocycles. The summed E-state index contributed by atoms with van der Waals surface area (Å²) in [6.07, 6.45) is 0. The van der Waals surface area contributed by atoms with E-state index < -0.39 is 0 Å². The molecule has 2 N–H and O–H groups in total. The first-order chi connectivity index (χ1) is 9.79. The molecule has 0 aliphatic heterocycles. The Hall–Kier alpha value is -1.76. The minimum Gasteiger partial charge on any atom is -0.380 e. The van der Waals surface area contributed by atoms with Gasteiger partial charge < -0.3 is 15.0 Å². The molecule has 0 amide bonds. The summed E-state index contributed by atoms with van der Waals surface area (Å²) in [5.41, 5.74) is 6.90. The van der Waals surface area contributed by atoms with Gasteiger partial charge in [0, 0.05) is 22.1 Å². The molecule has 6 heteroatoms. The maximum absolute atomic E-state index is 5.95. The number of fused-ring (bicyclic) bond motifs is 1. The van der Waals surface area contributed by atoms with E-state index in [1.165, 1.54) is 4.70 Å². The van der Waals surface area contributed by atoms with Gasteiger partial charge in [-0.1, -0.05) is 23.4 Å². The van der Waals surface area contributed by atoms with Crippen LogP contribution in [0.4, 0.5) is 0 Å². The second-order valence-corrected chi connectivity index (χ2v) is 5.28. The number of benzene rings is 1. The van der Waals surface area contributed by atoms with Crippen molar-refractivity contribution in [3.05, 3.63) is 35.5 Å². The Morgan fingerprint density at radius 2 is 2.25 bits per heavy atom. The number of aromatic nitrogens is 2. The Labute approximate surface area is 120 Å². The molecule has 0 fully saturated rings. The Bertz CT molecular complexity index is 707. The van der Waals surface area contributed by atoms with Crippen LogP contribution in [0.5, 0.6) is 0 Å². The predicted octanol–water partition coefficient (Wildman–Crippen LogP) is 2.99. The third-order valence-electron chi connectivity index (χ3n) is 2.99. The maximum atomic E-state index is 5.95. The van der Waals surface area contributed by atoms with Gasteiger partial charge in [0.1, 0.15) is 0 Å². The molecule has 2 heterocycles. The monoisotopic (exact) mass is 289 g/mol. The van der Waals surface area contributed by atoms with Crippen molar-refractivity contribution < 1.29 is 9.26 Å². The summed E-state index contributed by atoms with van der Waals surface area (Å²) in [6, 6.07) is 7.76. The van der Waals surface area contributed by atoms with E-state index in [2.05, 4.69) is 16.2 Å². The normalized spacial score (nSPS) is 12.9. The fourth-order valence-electron chi connectivity index (χ4n) is 1.96. The molecular formula is C14H15N3O2S. The SMILES string of the molecule is CCOCC(N)c1noc(-c2csc3ccccc23)n1. The Morgan fingerprint density at radius 3 is 3.10 bits per heavy atom. The van der Waals surface area contributed by atoms with Crippen LogP contribution in [-0.4, -0.2) is 23.4 Å². The zero-order valence-corrected chi connectivity index (χ0v) is 11.9. The molecule has 0 radical (unpaired) electrons. The van der Waals surface area contributed by atoms with Gasteiger partial charge in [-0.25, -0.2) is 0 Å². The summed E-state index contributed by atoms with van der Waals surface area (Å²) < 4.78 is 11.8. The first kappa shape index (κ1) is 13.2. The smallest absolute Gasteiger partial charge is 0.259 e. The van der Waals surface area contributed by atoms with Crippen molar-refractivity contribution in [1.29, 1.82) is 0 Å². The van der Waals surface area contributed by atoms with Crippen LogP contribution in [0.25, 0.3) is 21.5 Å². The van der Waals surface area contributed by atoms with Gasteiger partial charge in [-0.3, -0.25) is 0 Å². The molecule has 1 aromatic carbocycles. The van der Waals surface area contributed by atoms with Crippen LogP contribution in [0, 0.1) is 0 Å². The Morgan fingerprint density at radius 1 is 1.40 bits per heavy atom. The van der Waals surface area contributed by atoms with Crippen LogP contribution in [0.1, 0.15) is 18.8 Å². The molecule has 0 bridgehead atoms. The molecule has 0 spiro atoms. The fourth-order valence-corrected chi connectivity index (χ4v) is 2.89. The summed E-state index contributed by atoms with van der Waals surface area (Å²) in [7, 11) is 0. The highest BCUT2D eigenvalue weighted by atomic mass is 32.1. The van der Waals surface area contributed by atoms with Crippen LogP contribution in [-0.2, 0) is 4.74 Å². The Balaban J connectivity index is 1.90. The second kappa shape index (κ2) is 5.70. The van der Waals surface area contributed by atoms with Gasteiger partial charge >= 0.3 is 0 Å². The van der Waals surface area contributed by atoms with Gasteiger partial charge in [-0.2, -0.15) is 4.98 Å². The largest absolute Gasteiger partial charge is 0.380 e. The van der Waals surface area contributed by atoms with Gasteiger partial charge in [-0.15, -0.1) is 11.3 Å². The number of ether oxygens (including phenoxy) is 1. The first-order valence-corrected chi connectivity index (χ1v) is 7.31. The fraction of sp³-hybridized carbons (Fsp3) is 0.286. The zero-order chi connectivity index (χ0) is 13.9. The third-order valence-corrected chi connectivity index (χ3v) is 3.95. The van der Waals surface area contributed by atoms with Crippen molar-refractivity contribution in [2.75, 3.05) is 13.2 Å². The average molecular weight is 289 g/mol. The van der Waals surface area contributed by atoms with Crippen LogP contribution < -0.4 is 5.73 Å². The average Bonchev–Trinajstić information content (AvgIpc) is 3.10. The lowest BCUT2D eigenvalue weighted by molar-refractivity contribution is 0.130. The van der Waals surface area contributed by atoms with E-state index in [4.69, 9.17) is 15.0 Å². The van der Waals surface area contributed by atoms with Gasteiger partial charge in [0.05, 0.1) is 18.2 Å².